The van der Waals surface area contributed by atoms with Crippen LogP contribution in [0, 0.1) is 5.92 Å². The van der Waals surface area contributed by atoms with E-state index < -0.39 is 12.0 Å². The van der Waals surface area contributed by atoms with E-state index in [9.17, 15) is 9.90 Å². The first-order valence-corrected chi connectivity index (χ1v) is 6.58. The van der Waals surface area contributed by atoms with Gasteiger partial charge in [-0.2, -0.15) is 0 Å². The molecule has 18 heavy (non-hydrogen) atoms. The summed E-state index contributed by atoms with van der Waals surface area (Å²) < 4.78 is 5.01. The summed E-state index contributed by atoms with van der Waals surface area (Å²) in [6.45, 7) is 6.05. The number of rotatable bonds is 6. The molecule has 100 valence electrons. The normalized spacial score (nSPS) is 14.0. The molecular formula is C15H22O3. The Balaban J connectivity index is 2.95. The summed E-state index contributed by atoms with van der Waals surface area (Å²) in [4.78, 5) is 11.8. The lowest BCUT2D eigenvalue weighted by molar-refractivity contribution is -0.152. The van der Waals surface area contributed by atoms with Gasteiger partial charge < -0.3 is 9.84 Å². The molecule has 0 aliphatic rings. The number of esters is 1. The molecule has 2 unspecified atom stereocenters. The molecule has 0 heterocycles. The van der Waals surface area contributed by atoms with E-state index in [2.05, 4.69) is 0 Å². The minimum Gasteiger partial charge on any atom is -0.466 e. The van der Waals surface area contributed by atoms with Gasteiger partial charge in [0, 0.05) is 0 Å². The van der Waals surface area contributed by atoms with Crippen LogP contribution in [0.15, 0.2) is 24.3 Å². The van der Waals surface area contributed by atoms with E-state index in [1.807, 2.05) is 38.1 Å². The Morgan fingerprint density at radius 3 is 2.50 bits per heavy atom. The van der Waals surface area contributed by atoms with Crippen LogP contribution in [0.3, 0.4) is 0 Å². The van der Waals surface area contributed by atoms with Crippen molar-refractivity contribution in [2.75, 3.05) is 6.61 Å². The highest BCUT2D eigenvalue weighted by molar-refractivity contribution is 5.73. The second kappa shape index (κ2) is 7.17. The van der Waals surface area contributed by atoms with Gasteiger partial charge in [-0.25, -0.2) is 0 Å². The third-order valence-electron chi connectivity index (χ3n) is 3.16. The van der Waals surface area contributed by atoms with Crippen molar-refractivity contribution >= 4 is 5.97 Å². The maximum absolute atomic E-state index is 11.8. The third kappa shape index (κ3) is 3.33. The first-order chi connectivity index (χ1) is 8.65. The van der Waals surface area contributed by atoms with Crippen molar-refractivity contribution in [3.8, 4) is 0 Å². The molecule has 1 aromatic rings. The molecule has 1 aromatic carbocycles. The summed E-state index contributed by atoms with van der Waals surface area (Å²) in [6, 6.07) is 7.69. The molecule has 0 bridgehead atoms. The number of carbonyl (C=O) groups is 1. The second-order valence-electron chi connectivity index (χ2n) is 4.26. The highest BCUT2D eigenvalue weighted by Crippen LogP contribution is 2.28. The molecule has 0 aliphatic carbocycles. The molecule has 3 nitrogen and oxygen atoms in total. The Hall–Kier alpha value is -1.35. The number of aliphatic hydroxyl groups is 1. The SMILES string of the molecule is CCOC(=O)C(CC)C(O)c1ccccc1CC. The van der Waals surface area contributed by atoms with E-state index >= 15 is 0 Å². The minimum absolute atomic E-state index is 0.321. The maximum atomic E-state index is 11.8. The summed E-state index contributed by atoms with van der Waals surface area (Å²) in [5.41, 5.74) is 1.91. The number of ether oxygens (including phenoxy) is 1. The Morgan fingerprint density at radius 1 is 1.28 bits per heavy atom. The Morgan fingerprint density at radius 2 is 1.94 bits per heavy atom. The van der Waals surface area contributed by atoms with Gasteiger partial charge in [-0.15, -0.1) is 0 Å². The van der Waals surface area contributed by atoms with E-state index in [0.29, 0.717) is 13.0 Å². The lowest BCUT2D eigenvalue weighted by Gasteiger charge is -2.22. The van der Waals surface area contributed by atoms with Crippen molar-refractivity contribution in [3.05, 3.63) is 35.4 Å². The average Bonchev–Trinajstić information content (AvgIpc) is 2.39. The van der Waals surface area contributed by atoms with E-state index in [-0.39, 0.29) is 5.97 Å². The molecule has 0 radical (unpaired) electrons. The van der Waals surface area contributed by atoms with E-state index in [1.54, 1.807) is 6.92 Å². The van der Waals surface area contributed by atoms with Gasteiger partial charge in [-0.05, 0) is 30.9 Å². The fourth-order valence-electron chi connectivity index (χ4n) is 2.13. The molecule has 0 saturated heterocycles. The van der Waals surface area contributed by atoms with Crippen molar-refractivity contribution in [1.29, 1.82) is 0 Å². The van der Waals surface area contributed by atoms with Crippen LogP contribution in [-0.4, -0.2) is 17.7 Å². The first-order valence-electron chi connectivity index (χ1n) is 6.58. The highest BCUT2D eigenvalue weighted by atomic mass is 16.5. The average molecular weight is 250 g/mol. The maximum Gasteiger partial charge on any atom is 0.311 e. The molecular weight excluding hydrogens is 228 g/mol. The number of hydrogen-bond donors (Lipinski definition) is 1. The van der Waals surface area contributed by atoms with Gasteiger partial charge in [0.15, 0.2) is 0 Å². The summed E-state index contributed by atoms with van der Waals surface area (Å²) in [6.07, 6.45) is 0.620. The Kier molecular flexibility index (Phi) is 5.86. The standard InChI is InChI=1S/C15H22O3/c1-4-11-9-7-8-10-13(11)14(16)12(5-2)15(17)18-6-3/h7-10,12,14,16H,4-6H2,1-3H3. The zero-order valence-electron chi connectivity index (χ0n) is 11.3. The van der Waals surface area contributed by atoms with Crippen LogP contribution in [0.2, 0.25) is 0 Å². The quantitative estimate of drug-likeness (QED) is 0.790. The van der Waals surface area contributed by atoms with Gasteiger partial charge in [0.05, 0.1) is 18.6 Å². The molecule has 1 N–H and O–H groups in total. The number of carbonyl (C=O) groups excluding carboxylic acids is 1. The third-order valence-corrected chi connectivity index (χ3v) is 3.16. The van der Waals surface area contributed by atoms with Crippen LogP contribution in [-0.2, 0) is 16.0 Å². The number of hydrogen-bond acceptors (Lipinski definition) is 3. The van der Waals surface area contributed by atoms with Crippen LogP contribution >= 0.6 is 0 Å². The van der Waals surface area contributed by atoms with Crippen LogP contribution in [0.4, 0.5) is 0 Å². The Bertz CT molecular complexity index is 387. The monoisotopic (exact) mass is 250 g/mol. The second-order valence-corrected chi connectivity index (χ2v) is 4.26. The smallest absolute Gasteiger partial charge is 0.311 e. The van der Waals surface area contributed by atoms with Gasteiger partial charge in [-0.3, -0.25) is 4.79 Å². The number of aryl methyl sites for hydroxylation is 1. The van der Waals surface area contributed by atoms with Gasteiger partial charge in [-0.1, -0.05) is 38.1 Å². The number of aliphatic hydroxyl groups excluding tert-OH is 1. The molecule has 0 aromatic heterocycles. The van der Waals surface area contributed by atoms with E-state index in [4.69, 9.17) is 4.74 Å². The fourth-order valence-corrected chi connectivity index (χ4v) is 2.13. The Labute approximate surface area is 109 Å². The molecule has 0 aliphatic heterocycles. The fraction of sp³-hybridized carbons (Fsp3) is 0.533. The predicted octanol–water partition coefficient (Wildman–Crippen LogP) is 2.87. The van der Waals surface area contributed by atoms with Gasteiger partial charge >= 0.3 is 5.97 Å². The zero-order valence-corrected chi connectivity index (χ0v) is 11.3. The summed E-state index contributed by atoms with van der Waals surface area (Å²) in [5.74, 6) is -0.809. The number of benzene rings is 1. The van der Waals surface area contributed by atoms with Crippen molar-refractivity contribution in [1.82, 2.24) is 0 Å². The molecule has 1 rings (SSSR count). The van der Waals surface area contributed by atoms with Gasteiger partial charge in [0.25, 0.3) is 0 Å². The minimum atomic E-state index is -0.787. The van der Waals surface area contributed by atoms with Crippen LogP contribution < -0.4 is 0 Å². The summed E-state index contributed by atoms with van der Waals surface area (Å²) in [5, 5.41) is 10.4. The molecule has 3 heteroatoms. The highest BCUT2D eigenvalue weighted by Gasteiger charge is 2.28. The summed E-state index contributed by atoms with van der Waals surface area (Å²) >= 11 is 0. The lowest BCUT2D eigenvalue weighted by atomic mass is 9.90. The molecule has 0 spiro atoms. The topological polar surface area (TPSA) is 46.5 Å². The largest absolute Gasteiger partial charge is 0.466 e. The lowest BCUT2D eigenvalue weighted by Crippen LogP contribution is -2.24. The van der Waals surface area contributed by atoms with Gasteiger partial charge in [0.2, 0.25) is 0 Å². The van der Waals surface area contributed by atoms with Crippen molar-refractivity contribution in [2.45, 2.75) is 39.7 Å². The van der Waals surface area contributed by atoms with Crippen molar-refractivity contribution in [2.24, 2.45) is 5.92 Å². The first kappa shape index (κ1) is 14.7. The molecule has 0 amide bonds. The van der Waals surface area contributed by atoms with E-state index in [0.717, 1.165) is 17.5 Å². The van der Waals surface area contributed by atoms with Crippen molar-refractivity contribution < 1.29 is 14.6 Å². The molecule has 2 atom stereocenters. The van der Waals surface area contributed by atoms with Crippen LogP contribution in [0.25, 0.3) is 0 Å². The predicted molar refractivity (Wildman–Crippen MR) is 71.2 cm³/mol. The molecule has 0 saturated carbocycles. The summed E-state index contributed by atoms with van der Waals surface area (Å²) in [7, 11) is 0. The molecule has 0 fully saturated rings. The van der Waals surface area contributed by atoms with Crippen molar-refractivity contribution in [3.63, 3.8) is 0 Å². The van der Waals surface area contributed by atoms with E-state index in [1.165, 1.54) is 0 Å². The van der Waals surface area contributed by atoms with Crippen LogP contribution in [0.5, 0.6) is 0 Å². The van der Waals surface area contributed by atoms with Crippen LogP contribution in [0.1, 0.15) is 44.4 Å². The van der Waals surface area contributed by atoms with Gasteiger partial charge in [0.1, 0.15) is 0 Å². The zero-order chi connectivity index (χ0) is 13.5.